The molecule has 5 aromatic carbocycles. The highest BCUT2D eigenvalue weighted by atomic mass is 15.4. The molecule has 3 heterocycles. The van der Waals surface area contributed by atoms with Crippen molar-refractivity contribution in [3.63, 3.8) is 0 Å². The van der Waals surface area contributed by atoms with Crippen molar-refractivity contribution in [2.45, 2.75) is 5.92 Å². The van der Waals surface area contributed by atoms with Crippen LogP contribution >= 0.6 is 0 Å². The maximum absolute atomic E-state index is 4.80. The largest absolute Gasteiger partial charge is 0.355 e. The predicted molar refractivity (Wildman–Crippen MR) is 174 cm³/mol. The van der Waals surface area contributed by atoms with Crippen LogP contribution in [0.2, 0.25) is 0 Å². The highest BCUT2D eigenvalue weighted by Crippen LogP contribution is 2.41. The molecule has 8 rings (SSSR count). The molecule has 1 aliphatic rings. The summed E-state index contributed by atoms with van der Waals surface area (Å²) in [6, 6.07) is 50.1. The number of nitrogens with zero attached hydrogens (tertiary/aromatic N) is 4. The molecule has 1 unspecified atom stereocenters. The molecule has 0 saturated heterocycles. The van der Waals surface area contributed by atoms with E-state index < -0.39 is 0 Å². The van der Waals surface area contributed by atoms with Gasteiger partial charge in [0.05, 0.1) is 40.7 Å². The van der Waals surface area contributed by atoms with Gasteiger partial charge in [0.2, 0.25) is 0 Å². The van der Waals surface area contributed by atoms with Crippen LogP contribution in [0.5, 0.6) is 0 Å². The number of hydrogen-bond donors (Lipinski definition) is 0. The van der Waals surface area contributed by atoms with Crippen molar-refractivity contribution in [3.05, 3.63) is 163 Å². The molecule has 0 amide bonds. The third-order valence-electron chi connectivity index (χ3n) is 8.48. The van der Waals surface area contributed by atoms with Crippen molar-refractivity contribution in [3.8, 4) is 5.69 Å². The maximum Gasteiger partial charge on any atom is 0.0950 e. The van der Waals surface area contributed by atoms with Crippen LogP contribution in [0.3, 0.4) is 0 Å². The molecule has 2 aromatic heterocycles. The minimum atomic E-state index is 0.0336. The van der Waals surface area contributed by atoms with Gasteiger partial charge in [-0.1, -0.05) is 84.9 Å². The summed E-state index contributed by atoms with van der Waals surface area (Å²) in [6.07, 6.45) is 1.89. The second kappa shape index (κ2) is 9.93. The van der Waals surface area contributed by atoms with E-state index in [2.05, 4.69) is 155 Å². The Bertz CT molecular complexity index is 2010. The lowest BCUT2D eigenvalue weighted by atomic mass is 9.87. The Labute approximate surface area is 245 Å². The second-order valence-corrected chi connectivity index (χ2v) is 11.0. The topological polar surface area (TPSA) is 24.3 Å². The van der Waals surface area contributed by atoms with Gasteiger partial charge >= 0.3 is 0 Å². The van der Waals surface area contributed by atoms with E-state index in [-0.39, 0.29) is 5.92 Å². The first kappa shape index (κ1) is 24.4. The zero-order chi connectivity index (χ0) is 28.0. The van der Waals surface area contributed by atoms with Gasteiger partial charge in [-0.05, 0) is 65.7 Å². The smallest absolute Gasteiger partial charge is 0.0950 e. The minimum absolute atomic E-state index is 0.0336. The van der Waals surface area contributed by atoms with Gasteiger partial charge in [0.25, 0.3) is 0 Å². The quantitative estimate of drug-likeness (QED) is 0.217. The van der Waals surface area contributed by atoms with E-state index in [0.29, 0.717) is 0 Å². The van der Waals surface area contributed by atoms with Crippen LogP contribution in [0.4, 0.5) is 17.1 Å². The number of para-hydroxylation sites is 3. The van der Waals surface area contributed by atoms with Gasteiger partial charge < -0.3 is 14.4 Å². The third kappa shape index (κ3) is 3.95. The van der Waals surface area contributed by atoms with E-state index in [1.54, 1.807) is 0 Å². The number of fused-ring (bicyclic) bond motifs is 4. The monoisotopic (exact) mass is 542 g/mol. The molecular formula is C38H30N4. The number of aromatic nitrogens is 2. The van der Waals surface area contributed by atoms with Gasteiger partial charge in [-0.15, -0.1) is 0 Å². The summed E-state index contributed by atoms with van der Waals surface area (Å²) in [7, 11) is 2.15. The standard InChI is InChI=1S/C38H30N4/c1-40-26-41(36-20-8-7-19-35(36)40)29-14-11-15-30(25-29)42-34-18-6-5-16-31(34)32-22-21-28(24-37(32)42)38(27-12-3-2-4-13-27)33-17-9-10-23-39-33/h2-25,38H,26H2,1H3. The summed E-state index contributed by atoms with van der Waals surface area (Å²) in [6.45, 7) is 0.822. The fourth-order valence-corrected chi connectivity index (χ4v) is 6.57. The molecule has 0 saturated carbocycles. The molecular weight excluding hydrogens is 512 g/mol. The second-order valence-electron chi connectivity index (χ2n) is 11.0. The van der Waals surface area contributed by atoms with E-state index in [4.69, 9.17) is 4.98 Å². The molecule has 4 nitrogen and oxygen atoms in total. The van der Waals surface area contributed by atoms with Crippen molar-refractivity contribution in [1.29, 1.82) is 0 Å². The summed E-state index contributed by atoms with van der Waals surface area (Å²) < 4.78 is 2.42. The molecule has 0 radical (unpaired) electrons. The first-order valence-electron chi connectivity index (χ1n) is 14.4. The number of pyridine rings is 1. The van der Waals surface area contributed by atoms with Crippen LogP contribution in [-0.4, -0.2) is 23.3 Å². The van der Waals surface area contributed by atoms with Crippen LogP contribution in [0.15, 0.2) is 146 Å². The summed E-state index contributed by atoms with van der Waals surface area (Å²) >= 11 is 0. The Hall–Kier alpha value is -5.35. The lowest BCUT2D eigenvalue weighted by Crippen LogP contribution is -2.24. The number of rotatable bonds is 5. The van der Waals surface area contributed by atoms with E-state index >= 15 is 0 Å². The average molecular weight is 543 g/mol. The highest BCUT2D eigenvalue weighted by Gasteiger charge is 2.25. The lowest BCUT2D eigenvalue weighted by Gasteiger charge is -2.21. The minimum Gasteiger partial charge on any atom is -0.355 e. The van der Waals surface area contributed by atoms with Gasteiger partial charge in [0.1, 0.15) is 0 Å². The predicted octanol–water partition coefficient (Wildman–Crippen LogP) is 8.90. The van der Waals surface area contributed by atoms with Crippen molar-refractivity contribution in [2.75, 3.05) is 23.5 Å². The van der Waals surface area contributed by atoms with Gasteiger partial charge in [-0.2, -0.15) is 0 Å². The van der Waals surface area contributed by atoms with Crippen LogP contribution in [0.25, 0.3) is 27.5 Å². The van der Waals surface area contributed by atoms with Crippen LogP contribution < -0.4 is 9.80 Å². The molecule has 0 spiro atoms. The van der Waals surface area contributed by atoms with Gasteiger partial charge in [0, 0.05) is 35.4 Å². The molecule has 0 bridgehead atoms. The number of benzene rings is 5. The Kier molecular flexibility index (Phi) is 5.78. The van der Waals surface area contributed by atoms with E-state index in [1.165, 1.54) is 50.0 Å². The molecule has 202 valence electrons. The molecule has 1 atom stereocenters. The molecule has 7 aromatic rings. The molecule has 0 N–H and O–H groups in total. The normalized spacial score (nSPS) is 13.5. The molecule has 0 aliphatic carbocycles. The van der Waals surface area contributed by atoms with Gasteiger partial charge in [-0.25, -0.2) is 0 Å². The first-order valence-corrected chi connectivity index (χ1v) is 14.4. The van der Waals surface area contributed by atoms with Gasteiger partial charge in [0.15, 0.2) is 0 Å². The van der Waals surface area contributed by atoms with Crippen LogP contribution in [0.1, 0.15) is 22.7 Å². The van der Waals surface area contributed by atoms with E-state index in [1.807, 2.05) is 12.3 Å². The number of hydrogen-bond acceptors (Lipinski definition) is 3. The average Bonchev–Trinajstić information content (AvgIpc) is 3.57. The SMILES string of the molecule is CN1CN(c2cccc(-n3c4ccccc4c4ccc(C(c5ccccc5)c5ccccn5)cc43)c2)c2ccccc21. The Morgan fingerprint density at radius 3 is 2.17 bits per heavy atom. The van der Waals surface area contributed by atoms with Crippen LogP contribution in [0, 0.1) is 0 Å². The molecule has 1 aliphatic heterocycles. The van der Waals surface area contributed by atoms with Crippen molar-refractivity contribution < 1.29 is 0 Å². The zero-order valence-corrected chi connectivity index (χ0v) is 23.4. The fourth-order valence-electron chi connectivity index (χ4n) is 6.57. The zero-order valence-electron chi connectivity index (χ0n) is 23.4. The van der Waals surface area contributed by atoms with Gasteiger partial charge in [-0.3, -0.25) is 4.98 Å². The Balaban J connectivity index is 1.33. The fraction of sp³-hybridized carbons (Fsp3) is 0.0789. The lowest BCUT2D eigenvalue weighted by molar-refractivity contribution is 0.919. The van der Waals surface area contributed by atoms with E-state index in [9.17, 15) is 0 Å². The Morgan fingerprint density at radius 2 is 1.31 bits per heavy atom. The maximum atomic E-state index is 4.80. The molecule has 4 heteroatoms. The van der Waals surface area contributed by atoms with Crippen molar-refractivity contribution in [1.82, 2.24) is 9.55 Å². The van der Waals surface area contributed by atoms with Crippen LogP contribution in [-0.2, 0) is 0 Å². The summed E-state index contributed by atoms with van der Waals surface area (Å²) in [5.41, 5.74) is 10.7. The summed E-state index contributed by atoms with van der Waals surface area (Å²) in [5.74, 6) is 0.0336. The number of anilines is 3. The van der Waals surface area contributed by atoms with Crippen molar-refractivity contribution in [2.24, 2.45) is 0 Å². The molecule has 0 fully saturated rings. The summed E-state index contributed by atoms with van der Waals surface area (Å²) in [4.78, 5) is 9.49. The third-order valence-corrected chi connectivity index (χ3v) is 8.48. The molecule has 42 heavy (non-hydrogen) atoms. The highest BCUT2D eigenvalue weighted by molar-refractivity contribution is 6.09. The summed E-state index contributed by atoms with van der Waals surface area (Å²) in [5, 5.41) is 2.50. The Morgan fingerprint density at radius 1 is 0.571 bits per heavy atom. The van der Waals surface area contributed by atoms with Crippen molar-refractivity contribution >= 4 is 38.9 Å². The van der Waals surface area contributed by atoms with E-state index in [0.717, 1.165) is 18.1 Å². The first-order chi connectivity index (χ1) is 20.8.